The van der Waals surface area contributed by atoms with Crippen molar-refractivity contribution in [2.45, 2.75) is 19.9 Å². The molecule has 1 aromatic heterocycles. The summed E-state index contributed by atoms with van der Waals surface area (Å²) in [6, 6.07) is 7.49. The lowest BCUT2D eigenvalue weighted by atomic mass is 10.2. The molecule has 0 aliphatic carbocycles. The first-order valence-electron chi connectivity index (χ1n) is 7.06. The maximum atomic E-state index is 12.0. The average Bonchev–Trinajstić information content (AvgIpc) is 3.13. The molecule has 1 amide bonds. The highest BCUT2D eigenvalue weighted by Gasteiger charge is 2.12. The number of nitrogens with zero attached hydrogens (tertiary/aromatic N) is 2. The van der Waals surface area contributed by atoms with E-state index in [1.807, 2.05) is 32.0 Å². The molecule has 1 N–H and O–H groups in total. The molecule has 22 heavy (non-hydrogen) atoms. The van der Waals surface area contributed by atoms with Gasteiger partial charge in [0, 0.05) is 18.2 Å². The third kappa shape index (κ3) is 2.95. The van der Waals surface area contributed by atoms with Crippen LogP contribution in [0.25, 0.3) is 6.08 Å². The smallest absolute Gasteiger partial charge is 0.249 e. The molecule has 0 radical (unpaired) electrons. The Kier molecular flexibility index (Phi) is 3.82. The Balaban J connectivity index is 1.67. The highest BCUT2D eigenvalue weighted by Crippen LogP contribution is 2.32. The molecule has 3 rings (SSSR count). The van der Waals surface area contributed by atoms with E-state index in [1.54, 1.807) is 23.0 Å². The van der Waals surface area contributed by atoms with Crippen LogP contribution in [0.3, 0.4) is 0 Å². The first-order chi connectivity index (χ1) is 10.6. The van der Waals surface area contributed by atoms with Gasteiger partial charge in [0.05, 0.1) is 6.20 Å². The van der Waals surface area contributed by atoms with Gasteiger partial charge in [0.15, 0.2) is 11.5 Å². The van der Waals surface area contributed by atoms with Crippen LogP contribution in [0.4, 0.5) is 5.82 Å². The number of anilines is 1. The van der Waals surface area contributed by atoms with Crippen LogP contribution >= 0.6 is 0 Å². The van der Waals surface area contributed by atoms with Crippen LogP contribution in [0.15, 0.2) is 36.5 Å². The van der Waals surface area contributed by atoms with Crippen molar-refractivity contribution in [3.8, 4) is 11.5 Å². The molecule has 114 valence electrons. The maximum Gasteiger partial charge on any atom is 0.249 e. The topological polar surface area (TPSA) is 65.4 Å². The molecule has 0 bridgehead atoms. The van der Waals surface area contributed by atoms with Gasteiger partial charge in [-0.05, 0) is 37.6 Å². The Morgan fingerprint density at radius 1 is 1.32 bits per heavy atom. The number of nitrogens with one attached hydrogen (secondary N) is 1. The SMILES string of the molecule is CC(C)n1nccc1NC(=O)C=Cc1ccc2c(c1)OCO2. The molecule has 6 heteroatoms. The van der Waals surface area contributed by atoms with Crippen molar-refractivity contribution >= 4 is 17.8 Å². The number of aromatic nitrogens is 2. The summed E-state index contributed by atoms with van der Waals surface area (Å²) >= 11 is 0. The first kappa shape index (κ1) is 14.2. The van der Waals surface area contributed by atoms with Crippen molar-refractivity contribution in [3.05, 3.63) is 42.1 Å². The van der Waals surface area contributed by atoms with Crippen molar-refractivity contribution in [2.24, 2.45) is 0 Å². The molecule has 0 fully saturated rings. The largest absolute Gasteiger partial charge is 0.454 e. The van der Waals surface area contributed by atoms with Gasteiger partial charge in [-0.2, -0.15) is 5.10 Å². The first-order valence-corrected chi connectivity index (χ1v) is 7.06. The van der Waals surface area contributed by atoms with Gasteiger partial charge in [0.25, 0.3) is 0 Å². The van der Waals surface area contributed by atoms with E-state index in [0.717, 1.165) is 11.3 Å². The van der Waals surface area contributed by atoms with Gasteiger partial charge >= 0.3 is 0 Å². The lowest BCUT2D eigenvalue weighted by Crippen LogP contribution is -2.14. The predicted octanol–water partition coefficient (Wildman–Crippen LogP) is 2.84. The summed E-state index contributed by atoms with van der Waals surface area (Å²) in [5.41, 5.74) is 0.872. The Morgan fingerprint density at radius 3 is 2.95 bits per heavy atom. The van der Waals surface area contributed by atoms with E-state index >= 15 is 0 Å². The zero-order valence-corrected chi connectivity index (χ0v) is 12.4. The Morgan fingerprint density at radius 2 is 2.14 bits per heavy atom. The maximum absolute atomic E-state index is 12.0. The number of fused-ring (bicyclic) bond motifs is 1. The van der Waals surface area contributed by atoms with E-state index in [9.17, 15) is 4.79 Å². The summed E-state index contributed by atoms with van der Waals surface area (Å²) in [7, 11) is 0. The Bertz CT molecular complexity index is 719. The lowest BCUT2D eigenvalue weighted by Gasteiger charge is -2.10. The average molecular weight is 299 g/mol. The highest BCUT2D eigenvalue weighted by atomic mass is 16.7. The van der Waals surface area contributed by atoms with E-state index in [1.165, 1.54) is 6.08 Å². The standard InChI is InChI=1S/C16H17N3O3/c1-11(2)19-15(7-8-17-19)18-16(20)6-4-12-3-5-13-14(9-12)22-10-21-13/h3-9,11H,10H2,1-2H3,(H,18,20). The molecular weight excluding hydrogens is 282 g/mol. The second kappa shape index (κ2) is 5.93. The fourth-order valence-electron chi connectivity index (χ4n) is 2.18. The van der Waals surface area contributed by atoms with Crippen LogP contribution in [0.5, 0.6) is 11.5 Å². The minimum Gasteiger partial charge on any atom is -0.454 e. The number of rotatable bonds is 4. The molecule has 1 aliphatic heterocycles. The van der Waals surface area contributed by atoms with E-state index < -0.39 is 0 Å². The highest BCUT2D eigenvalue weighted by molar-refractivity contribution is 6.01. The third-order valence-electron chi connectivity index (χ3n) is 3.23. The molecule has 1 aliphatic rings. The quantitative estimate of drug-likeness (QED) is 0.882. The summed E-state index contributed by atoms with van der Waals surface area (Å²) in [5, 5.41) is 6.99. The summed E-state index contributed by atoms with van der Waals surface area (Å²) in [6.45, 7) is 4.25. The molecule has 2 aromatic rings. The minimum absolute atomic E-state index is 0.183. The molecule has 0 saturated carbocycles. The van der Waals surface area contributed by atoms with Crippen molar-refractivity contribution in [1.82, 2.24) is 9.78 Å². The van der Waals surface area contributed by atoms with Crippen molar-refractivity contribution in [3.63, 3.8) is 0 Å². The van der Waals surface area contributed by atoms with Gasteiger partial charge in [0.2, 0.25) is 12.7 Å². The zero-order valence-electron chi connectivity index (χ0n) is 12.4. The van der Waals surface area contributed by atoms with Crippen LogP contribution in [0.2, 0.25) is 0 Å². The predicted molar refractivity (Wildman–Crippen MR) is 82.8 cm³/mol. The van der Waals surface area contributed by atoms with E-state index in [4.69, 9.17) is 9.47 Å². The van der Waals surface area contributed by atoms with E-state index in [2.05, 4.69) is 10.4 Å². The molecule has 0 saturated heterocycles. The van der Waals surface area contributed by atoms with E-state index in [0.29, 0.717) is 11.6 Å². The van der Waals surface area contributed by atoms with Crippen LogP contribution in [-0.2, 0) is 4.79 Å². The van der Waals surface area contributed by atoms with Crippen molar-refractivity contribution < 1.29 is 14.3 Å². The second-order valence-corrected chi connectivity index (χ2v) is 5.19. The fourth-order valence-corrected chi connectivity index (χ4v) is 2.18. The van der Waals surface area contributed by atoms with Gasteiger partial charge in [-0.25, -0.2) is 4.68 Å². The molecule has 0 atom stereocenters. The van der Waals surface area contributed by atoms with Gasteiger partial charge in [-0.3, -0.25) is 4.79 Å². The van der Waals surface area contributed by atoms with E-state index in [-0.39, 0.29) is 18.7 Å². The monoisotopic (exact) mass is 299 g/mol. The number of hydrogen-bond donors (Lipinski definition) is 1. The second-order valence-electron chi connectivity index (χ2n) is 5.19. The van der Waals surface area contributed by atoms with Crippen molar-refractivity contribution in [1.29, 1.82) is 0 Å². The molecule has 0 spiro atoms. The zero-order chi connectivity index (χ0) is 15.5. The number of hydrogen-bond acceptors (Lipinski definition) is 4. The van der Waals surface area contributed by atoms with Gasteiger partial charge in [-0.15, -0.1) is 0 Å². The lowest BCUT2D eigenvalue weighted by molar-refractivity contribution is -0.111. The molecule has 6 nitrogen and oxygen atoms in total. The molecular formula is C16H17N3O3. The Hall–Kier alpha value is -2.76. The number of carbonyl (C=O) groups excluding carboxylic acids is 1. The molecule has 2 heterocycles. The third-order valence-corrected chi connectivity index (χ3v) is 3.23. The number of ether oxygens (including phenoxy) is 2. The fraction of sp³-hybridized carbons (Fsp3) is 0.250. The summed E-state index contributed by atoms with van der Waals surface area (Å²) in [5.74, 6) is 1.89. The van der Waals surface area contributed by atoms with Crippen LogP contribution in [-0.4, -0.2) is 22.5 Å². The van der Waals surface area contributed by atoms with Gasteiger partial charge in [0.1, 0.15) is 5.82 Å². The van der Waals surface area contributed by atoms with Gasteiger partial charge < -0.3 is 14.8 Å². The molecule has 1 aromatic carbocycles. The summed E-state index contributed by atoms with van der Waals surface area (Å²) in [4.78, 5) is 12.0. The van der Waals surface area contributed by atoms with Crippen LogP contribution < -0.4 is 14.8 Å². The van der Waals surface area contributed by atoms with Gasteiger partial charge in [-0.1, -0.05) is 6.07 Å². The van der Waals surface area contributed by atoms with Crippen LogP contribution in [0, 0.1) is 0 Å². The van der Waals surface area contributed by atoms with Crippen molar-refractivity contribution in [2.75, 3.05) is 12.1 Å². The number of amides is 1. The molecule has 0 unspecified atom stereocenters. The summed E-state index contributed by atoms with van der Waals surface area (Å²) in [6.07, 6.45) is 4.87. The number of benzene rings is 1. The normalized spacial score (nSPS) is 13.0. The minimum atomic E-state index is -0.208. The van der Waals surface area contributed by atoms with Crippen LogP contribution in [0.1, 0.15) is 25.5 Å². The number of carbonyl (C=O) groups is 1. The Labute approximate surface area is 128 Å². The summed E-state index contributed by atoms with van der Waals surface area (Å²) < 4.78 is 12.3.